The van der Waals surface area contributed by atoms with Crippen LogP contribution < -0.4 is 0 Å². The Kier molecular flexibility index (Phi) is 4.98. The summed E-state index contributed by atoms with van der Waals surface area (Å²) in [6.07, 6.45) is 0.457. The zero-order valence-electron chi connectivity index (χ0n) is 13.1. The van der Waals surface area contributed by atoms with Crippen LogP contribution in [0.3, 0.4) is 0 Å². The molecule has 24 heavy (non-hydrogen) atoms. The highest BCUT2D eigenvalue weighted by atomic mass is 35.5. The molecule has 0 saturated carbocycles. The Morgan fingerprint density at radius 2 is 2.04 bits per heavy atom. The van der Waals surface area contributed by atoms with Crippen molar-refractivity contribution < 1.29 is 18.0 Å². The van der Waals surface area contributed by atoms with E-state index in [4.69, 9.17) is 11.6 Å². The van der Waals surface area contributed by atoms with Crippen LogP contribution in [-0.2, 0) is 6.18 Å². The van der Waals surface area contributed by atoms with Crippen LogP contribution in [0.15, 0.2) is 30.7 Å². The molecule has 0 aliphatic carbocycles. The van der Waals surface area contributed by atoms with Crippen LogP contribution in [-0.4, -0.2) is 39.3 Å². The highest BCUT2D eigenvalue weighted by Crippen LogP contribution is 2.32. The average molecular weight is 359 g/mol. The van der Waals surface area contributed by atoms with E-state index in [1.54, 1.807) is 32.1 Å². The predicted octanol–water partition coefficient (Wildman–Crippen LogP) is 3.51. The van der Waals surface area contributed by atoms with Gasteiger partial charge < -0.3 is 4.90 Å². The summed E-state index contributed by atoms with van der Waals surface area (Å²) in [6.45, 7) is 1.60. The van der Waals surface area contributed by atoms with Crippen LogP contribution in [0.5, 0.6) is 0 Å². The predicted molar refractivity (Wildman–Crippen MR) is 83.3 cm³/mol. The summed E-state index contributed by atoms with van der Waals surface area (Å²) in [7, 11) is 3.53. The fourth-order valence-electron chi connectivity index (χ4n) is 1.87. The minimum Gasteiger partial charge on any atom is -0.383 e. The van der Waals surface area contributed by atoms with Crippen molar-refractivity contribution in [3.8, 4) is 5.82 Å². The number of hydrogen-bond acceptors (Lipinski definition) is 4. The van der Waals surface area contributed by atoms with Crippen LogP contribution in [0.25, 0.3) is 5.82 Å². The largest absolute Gasteiger partial charge is 0.417 e. The SMILES string of the molecule is Cc1nc(C(=O)/C=C/N(C)C)cn1-c1ncc(C(F)(F)F)cc1Cl. The molecule has 2 heterocycles. The fraction of sp³-hybridized carbons (Fsp3) is 0.267. The molecule has 5 nitrogen and oxygen atoms in total. The molecule has 0 atom stereocenters. The lowest BCUT2D eigenvalue weighted by molar-refractivity contribution is -0.137. The third kappa shape index (κ3) is 3.94. The number of hydrogen-bond donors (Lipinski definition) is 0. The molecule has 2 rings (SSSR count). The molecule has 0 aliphatic rings. The number of pyridine rings is 1. The van der Waals surface area contributed by atoms with Gasteiger partial charge in [0, 0.05) is 38.8 Å². The molecule has 0 aliphatic heterocycles. The molecule has 2 aromatic rings. The van der Waals surface area contributed by atoms with Gasteiger partial charge >= 0.3 is 6.18 Å². The Balaban J connectivity index is 2.39. The van der Waals surface area contributed by atoms with E-state index < -0.39 is 11.7 Å². The van der Waals surface area contributed by atoms with E-state index in [0.29, 0.717) is 12.0 Å². The van der Waals surface area contributed by atoms with E-state index in [1.165, 1.54) is 16.8 Å². The number of carbonyl (C=O) groups excluding carboxylic acids is 1. The first-order valence-corrected chi connectivity index (χ1v) is 7.15. The summed E-state index contributed by atoms with van der Waals surface area (Å²) in [4.78, 5) is 21.6. The third-order valence-electron chi connectivity index (χ3n) is 3.04. The summed E-state index contributed by atoms with van der Waals surface area (Å²) in [5.41, 5.74) is -0.803. The number of allylic oxidation sites excluding steroid dienone is 1. The minimum atomic E-state index is -4.53. The normalized spacial score (nSPS) is 12.0. The molecule has 0 N–H and O–H groups in total. The van der Waals surface area contributed by atoms with E-state index in [0.717, 1.165) is 6.07 Å². The zero-order chi connectivity index (χ0) is 18.1. The van der Waals surface area contributed by atoms with Crippen molar-refractivity contribution in [2.75, 3.05) is 14.1 Å². The van der Waals surface area contributed by atoms with Crippen molar-refractivity contribution in [3.05, 3.63) is 52.8 Å². The number of imidazole rings is 1. The van der Waals surface area contributed by atoms with Crippen molar-refractivity contribution >= 4 is 17.4 Å². The minimum absolute atomic E-state index is 0.0744. The highest BCUT2D eigenvalue weighted by molar-refractivity contribution is 6.32. The molecule has 0 bridgehead atoms. The lowest BCUT2D eigenvalue weighted by Crippen LogP contribution is -2.08. The van der Waals surface area contributed by atoms with Crippen LogP contribution in [0.4, 0.5) is 13.2 Å². The van der Waals surface area contributed by atoms with Gasteiger partial charge in [-0.15, -0.1) is 0 Å². The zero-order valence-corrected chi connectivity index (χ0v) is 13.9. The molecule has 0 spiro atoms. The maximum Gasteiger partial charge on any atom is 0.417 e. The summed E-state index contributed by atoms with van der Waals surface area (Å²) >= 11 is 5.92. The number of ketones is 1. The third-order valence-corrected chi connectivity index (χ3v) is 3.31. The monoisotopic (exact) mass is 358 g/mol. The van der Waals surface area contributed by atoms with Gasteiger partial charge in [-0.1, -0.05) is 11.6 Å². The van der Waals surface area contributed by atoms with Crippen LogP contribution in [0.1, 0.15) is 21.9 Å². The maximum atomic E-state index is 12.7. The number of aromatic nitrogens is 3. The molecule has 2 aromatic heterocycles. The highest BCUT2D eigenvalue weighted by Gasteiger charge is 2.31. The average Bonchev–Trinajstić information content (AvgIpc) is 2.85. The van der Waals surface area contributed by atoms with E-state index in [1.807, 2.05) is 0 Å². The number of halogens is 4. The number of nitrogens with zero attached hydrogens (tertiary/aromatic N) is 4. The van der Waals surface area contributed by atoms with Crippen molar-refractivity contribution in [1.29, 1.82) is 0 Å². The van der Waals surface area contributed by atoms with Gasteiger partial charge in [-0.2, -0.15) is 13.2 Å². The van der Waals surface area contributed by atoms with Gasteiger partial charge in [-0.25, -0.2) is 9.97 Å². The van der Waals surface area contributed by atoms with Crippen molar-refractivity contribution in [1.82, 2.24) is 19.4 Å². The van der Waals surface area contributed by atoms with E-state index >= 15 is 0 Å². The molecular formula is C15H14ClF3N4O. The smallest absolute Gasteiger partial charge is 0.383 e. The Morgan fingerprint density at radius 3 is 2.58 bits per heavy atom. The second-order valence-corrected chi connectivity index (χ2v) is 5.62. The molecule has 0 amide bonds. The summed E-state index contributed by atoms with van der Waals surface area (Å²) < 4.78 is 39.4. The van der Waals surface area contributed by atoms with Crippen LogP contribution in [0.2, 0.25) is 5.02 Å². The quantitative estimate of drug-likeness (QED) is 0.620. The molecule has 9 heteroatoms. The number of rotatable bonds is 4. The van der Waals surface area contributed by atoms with Gasteiger partial charge in [0.2, 0.25) is 5.78 Å². The standard InChI is InChI=1S/C15H14ClF3N4O/c1-9-21-12(13(24)4-5-22(2)3)8-23(9)14-11(16)6-10(7-20-14)15(17,18)19/h4-8H,1-3H3/b5-4+. The first-order chi connectivity index (χ1) is 11.1. The Morgan fingerprint density at radius 1 is 1.38 bits per heavy atom. The number of alkyl halides is 3. The van der Waals surface area contributed by atoms with Crippen molar-refractivity contribution in [2.24, 2.45) is 0 Å². The second-order valence-electron chi connectivity index (χ2n) is 5.21. The van der Waals surface area contributed by atoms with Gasteiger partial charge in [0.15, 0.2) is 5.82 Å². The van der Waals surface area contributed by atoms with Gasteiger partial charge in [0.1, 0.15) is 11.5 Å². The molecule has 0 aromatic carbocycles. The Hall–Kier alpha value is -2.35. The number of carbonyl (C=O) groups is 1. The van der Waals surface area contributed by atoms with E-state index in [2.05, 4.69) is 9.97 Å². The number of aryl methyl sites for hydroxylation is 1. The maximum absolute atomic E-state index is 12.7. The fourth-order valence-corrected chi connectivity index (χ4v) is 2.13. The molecule has 0 saturated heterocycles. The van der Waals surface area contributed by atoms with E-state index in [-0.39, 0.29) is 22.3 Å². The summed E-state index contributed by atoms with van der Waals surface area (Å²) in [6, 6.07) is 0.788. The van der Waals surface area contributed by atoms with Crippen LogP contribution in [0, 0.1) is 6.92 Å². The van der Waals surface area contributed by atoms with E-state index in [9.17, 15) is 18.0 Å². The first kappa shape index (κ1) is 18.0. The summed E-state index contributed by atoms with van der Waals surface area (Å²) in [5, 5.41) is -0.187. The topological polar surface area (TPSA) is 51.0 Å². The molecule has 0 radical (unpaired) electrons. The van der Waals surface area contributed by atoms with Crippen LogP contribution >= 0.6 is 11.6 Å². The van der Waals surface area contributed by atoms with Gasteiger partial charge in [0.05, 0.1) is 10.6 Å². The van der Waals surface area contributed by atoms with Gasteiger partial charge in [-0.3, -0.25) is 9.36 Å². The van der Waals surface area contributed by atoms with Gasteiger partial charge in [-0.05, 0) is 13.0 Å². The molecule has 0 unspecified atom stereocenters. The lowest BCUT2D eigenvalue weighted by atomic mass is 10.2. The molecule has 0 fully saturated rings. The Labute approximate surface area is 141 Å². The first-order valence-electron chi connectivity index (χ1n) is 6.77. The van der Waals surface area contributed by atoms with Crippen molar-refractivity contribution in [2.45, 2.75) is 13.1 Å². The Bertz CT molecular complexity index is 797. The molecule has 128 valence electrons. The van der Waals surface area contributed by atoms with Gasteiger partial charge in [0.25, 0.3) is 0 Å². The molecular weight excluding hydrogens is 345 g/mol. The second kappa shape index (κ2) is 6.64. The lowest BCUT2D eigenvalue weighted by Gasteiger charge is -2.10. The van der Waals surface area contributed by atoms with Crippen molar-refractivity contribution in [3.63, 3.8) is 0 Å². The summed E-state index contributed by atoms with van der Waals surface area (Å²) in [5.74, 6) is 0.115.